The van der Waals surface area contributed by atoms with Crippen molar-refractivity contribution in [2.45, 2.75) is 39.3 Å². The van der Waals surface area contributed by atoms with E-state index in [2.05, 4.69) is 5.32 Å². The monoisotopic (exact) mass is 335 g/mol. The number of nitrogens with zero attached hydrogens (tertiary/aromatic N) is 1. The van der Waals surface area contributed by atoms with Crippen molar-refractivity contribution in [1.82, 2.24) is 5.32 Å². The molecule has 0 bridgehead atoms. The summed E-state index contributed by atoms with van der Waals surface area (Å²) in [5, 5.41) is 3.35. The number of hydrogen-bond donors (Lipinski definition) is 2. The number of ether oxygens (including phenoxy) is 2. The Morgan fingerprint density at radius 1 is 1.38 bits per heavy atom. The lowest BCUT2D eigenvalue weighted by Gasteiger charge is -2.35. The van der Waals surface area contributed by atoms with Gasteiger partial charge in [0.15, 0.2) is 6.61 Å². The van der Waals surface area contributed by atoms with E-state index in [0.29, 0.717) is 23.7 Å². The van der Waals surface area contributed by atoms with Gasteiger partial charge < -0.3 is 15.2 Å². The second-order valence-corrected chi connectivity index (χ2v) is 5.67. The molecule has 0 aliphatic carbocycles. The smallest absolute Gasteiger partial charge is 0.344 e. The normalized spacial score (nSPS) is 17.2. The van der Waals surface area contributed by atoms with Crippen LogP contribution in [0.5, 0.6) is 5.75 Å². The Morgan fingerprint density at radius 2 is 2.17 bits per heavy atom. The highest BCUT2D eigenvalue weighted by Gasteiger charge is 2.25. The molecule has 0 aromatic heterocycles. The summed E-state index contributed by atoms with van der Waals surface area (Å²) in [5.41, 5.74) is 7.19. The number of rotatable bonds is 6. The van der Waals surface area contributed by atoms with Crippen molar-refractivity contribution in [2.75, 3.05) is 30.4 Å². The van der Waals surface area contributed by atoms with Crippen LogP contribution in [0, 0.1) is 0 Å². The van der Waals surface area contributed by atoms with Crippen molar-refractivity contribution in [3.8, 4) is 5.75 Å². The molecule has 1 aromatic rings. The number of esters is 1. The maximum absolute atomic E-state index is 12.1. The number of piperidine rings is 1. The van der Waals surface area contributed by atoms with Gasteiger partial charge in [-0.3, -0.25) is 15.0 Å². The number of carbonyl (C=O) groups excluding carboxylic acids is 2. The number of nitrogen functional groups attached to an aromatic ring is 1. The molecule has 7 heteroatoms. The van der Waals surface area contributed by atoms with Gasteiger partial charge in [0.1, 0.15) is 5.75 Å². The Hall–Kier alpha value is -2.28. The zero-order valence-electron chi connectivity index (χ0n) is 14.2. The van der Waals surface area contributed by atoms with Crippen molar-refractivity contribution in [2.24, 2.45) is 0 Å². The third kappa shape index (κ3) is 4.61. The predicted molar refractivity (Wildman–Crippen MR) is 91.8 cm³/mol. The number of hydrogen-bond acceptors (Lipinski definition) is 6. The first-order valence-corrected chi connectivity index (χ1v) is 8.24. The van der Waals surface area contributed by atoms with Crippen LogP contribution in [0.3, 0.4) is 0 Å². The van der Waals surface area contributed by atoms with Crippen LogP contribution in [0.4, 0.5) is 11.4 Å². The largest absolute Gasteiger partial charge is 0.482 e. The number of nitrogens with two attached hydrogens (primary N) is 1. The minimum Gasteiger partial charge on any atom is -0.482 e. The molecule has 1 aliphatic rings. The molecule has 1 amide bonds. The standard InChI is InChI=1S/C17H25N3O4/c1-3-23-17(22)11-24-13-7-8-15(14(18)10-13)20(12(2)21)16-6-4-5-9-19-16/h7-8,10,16,19H,3-6,9,11,18H2,1-2H3. The van der Waals surface area contributed by atoms with Crippen LogP contribution in [0.2, 0.25) is 0 Å². The van der Waals surface area contributed by atoms with Gasteiger partial charge in [0, 0.05) is 13.0 Å². The summed E-state index contributed by atoms with van der Waals surface area (Å²) in [6.07, 6.45) is 3.02. The summed E-state index contributed by atoms with van der Waals surface area (Å²) in [7, 11) is 0. The predicted octanol–water partition coefficient (Wildman–Crippen LogP) is 1.66. The molecule has 0 saturated carbocycles. The van der Waals surface area contributed by atoms with Crippen molar-refractivity contribution < 1.29 is 19.1 Å². The van der Waals surface area contributed by atoms with Crippen LogP contribution in [-0.4, -0.2) is 37.8 Å². The van der Waals surface area contributed by atoms with Crippen LogP contribution in [0.1, 0.15) is 33.1 Å². The molecule has 1 aromatic carbocycles. The van der Waals surface area contributed by atoms with Gasteiger partial charge in [-0.05, 0) is 44.9 Å². The molecule has 1 fully saturated rings. The second kappa shape index (κ2) is 8.54. The third-order valence-corrected chi connectivity index (χ3v) is 3.86. The van der Waals surface area contributed by atoms with Crippen LogP contribution in [0.25, 0.3) is 0 Å². The van der Waals surface area contributed by atoms with Gasteiger partial charge >= 0.3 is 5.97 Å². The molecule has 1 unspecified atom stereocenters. The van der Waals surface area contributed by atoms with Crippen LogP contribution in [0.15, 0.2) is 18.2 Å². The van der Waals surface area contributed by atoms with E-state index in [4.69, 9.17) is 15.2 Å². The molecule has 7 nitrogen and oxygen atoms in total. The van der Waals surface area contributed by atoms with Gasteiger partial charge in [0.25, 0.3) is 0 Å². The summed E-state index contributed by atoms with van der Waals surface area (Å²) in [5.74, 6) is -0.0392. The lowest BCUT2D eigenvalue weighted by molar-refractivity contribution is -0.145. The van der Waals surface area contributed by atoms with Crippen LogP contribution < -0.4 is 20.7 Å². The molecule has 0 spiro atoms. The third-order valence-electron chi connectivity index (χ3n) is 3.86. The Kier molecular flexibility index (Phi) is 6.43. The molecule has 2 rings (SSSR count). The first-order valence-electron chi connectivity index (χ1n) is 8.24. The molecule has 1 aliphatic heterocycles. The van der Waals surface area contributed by atoms with Crippen molar-refractivity contribution in [3.05, 3.63) is 18.2 Å². The molecule has 1 atom stereocenters. The van der Waals surface area contributed by atoms with E-state index < -0.39 is 5.97 Å². The fourth-order valence-electron chi connectivity index (χ4n) is 2.80. The lowest BCUT2D eigenvalue weighted by atomic mass is 10.1. The number of amides is 1. The SMILES string of the molecule is CCOC(=O)COc1ccc(N(C(C)=O)C2CCCCN2)c(N)c1. The number of benzene rings is 1. The van der Waals surface area contributed by atoms with E-state index in [0.717, 1.165) is 25.8 Å². The highest BCUT2D eigenvalue weighted by Crippen LogP contribution is 2.30. The maximum atomic E-state index is 12.1. The summed E-state index contributed by atoms with van der Waals surface area (Å²) in [4.78, 5) is 25.1. The second-order valence-electron chi connectivity index (χ2n) is 5.67. The van der Waals surface area contributed by atoms with Gasteiger partial charge in [-0.2, -0.15) is 0 Å². The number of nitrogens with one attached hydrogen (secondary N) is 1. The average Bonchev–Trinajstić information content (AvgIpc) is 2.56. The quantitative estimate of drug-likeness (QED) is 0.606. The average molecular weight is 335 g/mol. The minimum atomic E-state index is -0.433. The van der Waals surface area contributed by atoms with E-state index in [9.17, 15) is 9.59 Å². The summed E-state index contributed by atoms with van der Waals surface area (Å²) in [6, 6.07) is 5.06. The Labute approximate surface area is 142 Å². The summed E-state index contributed by atoms with van der Waals surface area (Å²) < 4.78 is 10.2. The van der Waals surface area contributed by atoms with E-state index in [1.807, 2.05) is 0 Å². The van der Waals surface area contributed by atoms with Gasteiger partial charge in [0.05, 0.1) is 24.1 Å². The summed E-state index contributed by atoms with van der Waals surface area (Å²) in [6.45, 7) is 4.29. The van der Waals surface area contributed by atoms with E-state index in [1.54, 1.807) is 30.0 Å². The minimum absolute atomic E-state index is 0.0511. The summed E-state index contributed by atoms with van der Waals surface area (Å²) >= 11 is 0. The Morgan fingerprint density at radius 3 is 2.75 bits per heavy atom. The van der Waals surface area contributed by atoms with E-state index in [1.165, 1.54) is 6.92 Å². The lowest BCUT2D eigenvalue weighted by Crippen LogP contribution is -2.50. The Bertz CT molecular complexity index is 585. The molecule has 0 radical (unpaired) electrons. The van der Waals surface area contributed by atoms with Gasteiger partial charge in [-0.25, -0.2) is 4.79 Å². The molecule has 132 valence electrons. The van der Waals surface area contributed by atoms with Crippen molar-refractivity contribution >= 4 is 23.3 Å². The molecule has 3 N–H and O–H groups in total. The maximum Gasteiger partial charge on any atom is 0.344 e. The van der Waals surface area contributed by atoms with Gasteiger partial charge in [0.2, 0.25) is 5.91 Å². The molecule has 1 saturated heterocycles. The fraction of sp³-hybridized carbons (Fsp3) is 0.529. The molecule has 1 heterocycles. The number of anilines is 2. The molecular weight excluding hydrogens is 310 g/mol. The topological polar surface area (TPSA) is 93.9 Å². The van der Waals surface area contributed by atoms with E-state index in [-0.39, 0.29) is 18.7 Å². The zero-order chi connectivity index (χ0) is 17.5. The van der Waals surface area contributed by atoms with Crippen molar-refractivity contribution in [1.29, 1.82) is 0 Å². The van der Waals surface area contributed by atoms with E-state index >= 15 is 0 Å². The molecule has 24 heavy (non-hydrogen) atoms. The Balaban J connectivity index is 2.11. The van der Waals surface area contributed by atoms with Crippen LogP contribution >= 0.6 is 0 Å². The zero-order valence-corrected chi connectivity index (χ0v) is 14.2. The number of carbonyl (C=O) groups is 2. The van der Waals surface area contributed by atoms with Crippen molar-refractivity contribution in [3.63, 3.8) is 0 Å². The first-order chi connectivity index (χ1) is 11.5. The van der Waals surface area contributed by atoms with Gasteiger partial charge in [-0.1, -0.05) is 0 Å². The fourth-order valence-corrected chi connectivity index (χ4v) is 2.80. The highest BCUT2D eigenvalue weighted by atomic mass is 16.6. The van der Waals surface area contributed by atoms with Gasteiger partial charge in [-0.15, -0.1) is 0 Å². The molecular formula is C17H25N3O4. The highest BCUT2D eigenvalue weighted by molar-refractivity contribution is 5.95. The first kappa shape index (κ1) is 18.1. The van der Waals surface area contributed by atoms with Crippen LogP contribution in [-0.2, 0) is 14.3 Å².